The van der Waals surface area contributed by atoms with E-state index in [1.807, 2.05) is 25.1 Å². The molecular weight excluding hydrogens is 212 g/mol. The van der Waals surface area contributed by atoms with Crippen molar-refractivity contribution in [3.63, 3.8) is 0 Å². The van der Waals surface area contributed by atoms with E-state index in [1.54, 1.807) is 13.0 Å². The molecule has 0 aliphatic carbocycles. The Kier molecular flexibility index (Phi) is 4.12. The molecule has 0 radical (unpaired) electrons. The van der Waals surface area contributed by atoms with Crippen molar-refractivity contribution in [3.8, 4) is 0 Å². The number of halogens is 1. The predicted octanol–water partition coefficient (Wildman–Crippen LogP) is 1.86. The quantitative estimate of drug-likeness (QED) is 0.827. The lowest BCUT2D eigenvalue weighted by molar-refractivity contribution is -0.122. The molecule has 0 aliphatic rings. The minimum Gasteiger partial charge on any atom is -0.348 e. The lowest BCUT2D eigenvalue weighted by Crippen LogP contribution is -2.39. The van der Waals surface area contributed by atoms with Crippen molar-refractivity contribution in [2.75, 3.05) is 0 Å². The molecule has 0 fully saturated rings. The van der Waals surface area contributed by atoms with Gasteiger partial charge in [0, 0.05) is 5.02 Å². The molecule has 0 aromatic heterocycles. The highest BCUT2D eigenvalue weighted by Crippen LogP contribution is 2.21. The summed E-state index contributed by atoms with van der Waals surface area (Å²) < 4.78 is 0. The van der Waals surface area contributed by atoms with Gasteiger partial charge in [-0.15, -0.1) is 0 Å². The molecule has 15 heavy (non-hydrogen) atoms. The highest BCUT2D eigenvalue weighted by Gasteiger charge is 2.14. The standard InChI is InChI=1S/C11H15ClN2O/c1-7(13)11(15)14-8(2)9-5-3-4-6-10(9)12/h3-8H,13H2,1-2H3,(H,14,15)/t7-,8?/m1/s1. The second kappa shape index (κ2) is 5.14. The largest absolute Gasteiger partial charge is 0.348 e. The van der Waals surface area contributed by atoms with Crippen molar-refractivity contribution >= 4 is 17.5 Å². The normalized spacial score (nSPS) is 14.4. The molecule has 82 valence electrons. The van der Waals surface area contributed by atoms with Crippen molar-refractivity contribution in [2.24, 2.45) is 5.73 Å². The first-order valence-electron chi connectivity index (χ1n) is 4.82. The van der Waals surface area contributed by atoms with Crippen LogP contribution in [-0.2, 0) is 4.79 Å². The fourth-order valence-electron chi connectivity index (χ4n) is 1.25. The Bertz CT molecular complexity index is 352. The van der Waals surface area contributed by atoms with Crippen LogP contribution in [0.2, 0.25) is 5.02 Å². The Labute approximate surface area is 94.6 Å². The Hall–Kier alpha value is -1.06. The zero-order valence-electron chi connectivity index (χ0n) is 8.83. The van der Waals surface area contributed by atoms with E-state index in [0.29, 0.717) is 5.02 Å². The van der Waals surface area contributed by atoms with Gasteiger partial charge in [0.2, 0.25) is 5.91 Å². The van der Waals surface area contributed by atoms with E-state index in [-0.39, 0.29) is 11.9 Å². The van der Waals surface area contributed by atoms with Crippen LogP contribution in [0.25, 0.3) is 0 Å². The summed E-state index contributed by atoms with van der Waals surface area (Å²) in [4.78, 5) is 11.4. The molecule has 0 bridgehead atoms. The minimum absolute atomic E-state index is 0.128. The summed E-state index contributed by atoms with van der Waals surface area (Å²) >= 11 is 6.00. The first-order valence-corrected chi connectivity index (χ1v) is 5.20. The van der Waals surface area contributed by atoms with Crippen LogP contribution < -0.4 is 11.1 Å². The van der Waals surface area contributed by atoms with Crippen molar-refractivity contribution in [1.29, 1.82) is 0 Å². The van der Waals surface area contributed by atoms with Crippen molar-refractivity contribution in [1.82, 2.24) is 5.32 Å². The second-order valence-corrected chi connectivity index (χ2v) is 3.95. The number of amides is 1. The zero-order valence-corrected chi connectivity index (χ0v) is 9.58. The average Bonchev–Trinajstić information content (AvgIpc) is 2.18. The van der Waals surface area contributed by atoms with Crippen LogP contribution >= 0.6 is 11.6 Å². The fraction of sp³-hybridized carbons (Fsp3) is 0.364. The SMILES string of the molecule is CC(NC(=O)[C@@H](C)N)c1ccccc1Cl. The summed E-state index contributed by atoms with van der Waals surface area (Å²) in [5.74, 6) is -0.178. The van der Waals surface area contributed by atoms with E-state index < -0.39 is 6.04 Å². The Morgan fingerprint density at radius 3 is 2.53 bits per heavy atom. The molecule has 1 unspecified atom stereocenters. The molecule has 0 saturated heterocycles. The van der Waals surface area contributed by atoms with E-state index in [4.69, 9.17) is 17.3 Å². The third kappa shape index (κ3) is 3.22. The maximum absolute atomic E-state index is 11.4. The van der Waals surface area contributed by atoms with Gasteiger partial charge in [-0.1, -0.05) is 29.8 Å². The van der Waals surface area contributed by atoms with Gasteiger partial charge < -0.3 is 11.1 Å². The maximum Gasteiger partial charge on any atom is 0.237 e. The fourth-order valence-corrected chi connectivity index (χ4v) is 1.55. The monoisotopic (exact) mass is 226 g/mol. The average molecular weight is 227 g/mol. The molecule has 3 N–H and O–H groups in total. The first-order chi connectivity index (χ1) is 7.02. The van der Waals surface area contributed by atoms with E-state index in [2.05, 4.69) is 5.32 Å². The zero-order chi connectivity index (χ0) is 11.4. The highest BCUT2D eigenvalue weighted by molar-refractivity contribution is 6.31. The van der Waals surface area contributed by atoms with Gasteiger partial charge in [0.15, 0.2) is 0 Å². The number of carbonyl (C=O) groups is 1. The number of hydrogen-bond acceptors (Lipinski definition) is 2. The summed E-state index contributed by atoms with van der Waals surface area (Å²) in [7, 11) is 0. The summed E-state index contributed by atoms with van der Waals surface area (Å²) in [6, 6.07) is 6.79. The van der Waals surface area contributed by atoms with Gasteiger partial charge in [-0.05, 0) is 25.5 Å². The highest BCUT2D eigenvalue weighted by atomic mass is 35.5. The molecule has 0 spiro atoms. The Morgan fingerprint density at radius 1 is 1.40 bits per heavy atom. The van der Waals surface area contributed by atoms with E-state index in [0.717, 1.165) is 5.56 Å². The van der Waals surface area contributed by atoms with Crippen LogP contribution in [0.3, 0.4) is 0 Å². The Balaban J connectivity index is 2.73. The minimum atomic E-state index is -0.505. The number of rotatable bonds is 3. The smallest absolute Gasteiger partial charge is 0.237 e. The van der Waals surface area contributed by atoms with Crippen LogP contribution in [0.5, 0.6) is 0 Å². The molecule has 1 amide bonds. The van der Waals surface area contributed by atoms with Crippen LogP contribution in [-0.4, -0.2) is 11.9 Å². The molecule has 4 heteroatoms. The summed E-state index contributed by atoms with van der Waals surface area (Å²) in [6.45, 7) is 3.52. The number of nitrogens with two attached hydrogens (primary N) is 1. The van der Waals surface area contributed by atoms with E-state index in [1.165, 1.54) is 0 Å². The van der Waals surface area contributed by atoms with Crippen LogP contribution in [0.1, 0.15) is 25.5 Å². The molecule has 0 aliphatic heterocycles. The molecule has 3 nitrogen and oxygen atoms in total. The van der Waals surface area contributed by atoms with Gasteiger partial charge in [0.05, 0.1) is 12.1 Å². The summed E-state index contributed by atoms with van der Waals surface area (Å²) in [6.07, 6.45) is 0. The lowest BCUT2D eigenvalue weighted by Gasteiger charge is -2.16. The van der Waals surface area contributed by atoms with Crippen LogP contribution in [0, 0.1) is 0 Å². The van der Waals surface area contributed by atoms with Crippen LogP contribution in [0.4, 0.5) is 0 Å². The van der Waals surface area contributed by atoms with Gasteiger partial charge in [0.1, 0.15) is 0 Å². The summed E-state index contributed by atoms with van der Waals surface area (Å²) in [5, 5.41) is 3.44. The van der Waals surface area contributed by atoms with Gasteiger partial charge in [-0.2, -0.15) is 0 Å². The van der Waals surface area contributed by atoms with Crippen molar-refractivity contribution in [3.05, 3.63) is 34.9 Å². The molecule has 2 atom stereocenters. The van der Waals surface area contributed by atoms with E-state index in [9.17, 15) is 4.79 Å². The topological polar surface area (TPSA) is 55.1 Å². The van der Waals surface area contributed by atoms with Crippen molar-refractivity contribution < 1.29 is 4.79 Å². The third-order valence-corrected chi connectivity index (χ3v) is 2.49. The number of hydrogen-bond donors (Lipinski definition) is 2. The lowest BCUT2D eigenvalue weighted by atomic mass is 10.1. The third-order valence-electron chi connectivity index (χ3n) is 2.14. The molecule has 1 aromatic carbocycles. The number of nitrogens with one attached hydrogen (secondary N) is 1. The first kappa shape index (κ1) is 12.0. The van der Waals surface area contributed by atoms with Gasteiger partial charge in [-0.3, -0.25) is 4.79 Å². The van der Waals surface area contributed by atoms with Crippen LogP contribution in [0.15, 0.2) is 24.3 Å². The number of benzene rings is 1. The van der Waals surface area contributed by atoms with Gasteiger partial charge in [0.25, 0.3) is 0 Å². The second-order valence-electron chi connectivity index (χ2n) is 3.54. The summed E-state index contributed by atoms with van der Waals surface area (Å²) in [5.41, 5.74) is 6.35. The van der Waals surface area contributed by atoms with Gasteiger partial charge >= 0.3 is 0 Å². The molecular formula is C11H15ClN2O. The van der Waals surface area contributed by atoms with Gasteiger partial charge in [-0.25, -0.2) is 0 Å². The Morgan fingerprint density at radius 2 is 2.00 bits per heavy atom. The molecule has 1 aromatic rings. The van der Waals surface area contributed by atoms with Crippen molar-refractivity contribution in [2.45, 2.75) is 25.9 Å². The molecule has 0 heterocycles. The number of carbonyl (C=O) groups excluding carboxylic acids is 1. The maximum atomic E-state index is 11.4. The van der Waals surface area contributed by atoms with E-state index >= 15 is 0 Å². The molecule has 1 rings (SSSR count). The molecule has 0 saturated carbocycles. The predicted molar refractivity (Wildman–Crippen MR) is 61.7 cm³/mol.